The summed E-state index contributed by atoms with van der Waals surface area (Å²) in [6.45, 7) is 7.76. The van der Waals surface area contributed by atoms with Gasteiger partial charge in [0.25, 0.3) is 5.91 Å². The molecular weight excluding hydrogens is 342 g/mol. The first kappa shape index (κ1) is 20.3. The third kappa shape index (κ3) is 5.08. The largest absolute Gasteiger partial charge is 0.371 e. The van der Waals surface area contributed by atoms with Crippen LogP contribution in [0.1, 0.15) is 82.2 Å². The zero-order chi connectivity index (χ0) is 19.4. The summed E-state index contributed by atoms with van der Waals surface area (Å²) in [7, 11) is 0. The van der Waals surface area contributed by atoms with E-state index >= 15 is 0 Å². The first-order valence-corrected chi connectivity index (χ1v) is 10.6. The summed E-state index contributed by atoms with van der Waals surface area (Å²) >= 11 is 0. The number of carbonyl (C=O) groups excluding carboxylic acids is 1. The van der Waals surface area contributed by atoms with E-state index in [-0.39, 0.29) is 18.1 Å². The van der Waals surface area contributed by atoms with E-state index in [1.54, 1.807) is 0 Å². The number of carbonyl (C=O) groups is 1. The summed E-state index contributed by atoms with van der Waals surface area (Å²) in [5.41, 5.74) is 6.44. The highest BCUT2D eigenvalue weighted by atomic mass is 16.5. The predicted molar refractivity (Wildman–Crippen MR) is 104 cm³/mol. The summed E-state index contributed by atoms with van der Waals surface area (Å²) in [4.78, 5) is 15.0. The van der Waals surface area contributed by atoms with E-state index in [9.17, 15) is 4.79 Å². The van der Waals surface area contributed by atoms with E-state index in [0.29, 0.717) is 36.8 Å². The van der Waals surface area contributed by atoms with Crippen molar-refractivity contribution in [2.45, 2.75) is 90.0 Å². The Morgan fingerprint density at radius 2 is 2.04 bits per heavy atom. The Labute approximate surface area is 162 Å². The molecule has 27 heavy (non-hydrogen) atoms. The Morgan fingerprint density at radius 1 is 1.30 bits per heavy atom. The summed E-state index contributed by atoms with van der Waals surface area (Å²) in [5.74, 6) is 0.357. The van der Waals surface area contributed by atoms with Gasteiger partial charge in [-0.3, -0.25) is 4.79 Å². The van der Waals surface area contributed by atoms with Gasteiger partial charge in [0.1, 0.15) is 0 Å². The number of unbranched alkanes of at least 4 members (excludes halogenated alkanes) is 1. The number of hydrogen-bond donors (Lipinski definition) is 1. The lowest BCUT2D eigenvalue weighted by Gasteiger charge is -2.39. The maximum atomic E-state index is 13.1. The van der Waals surface area contributed by atoms with Crippen LogP contribution in [0.25, 0.3) is 0 Å². The maximum absolute atomic E-state index is 13.1. The van der Waals surface area contributed by atoms with Crippen LogP contribution in [0, 0.1) is 5.92 Å². The van der Waals surface area contributed by atoms with E-state index in [1.807, 2.05) is 15.8 Å². The highest BCUT2D eigenvalue weighted by Gasteiger charge is 2.33. The lowest BCUT2D eigenvalue weighted by Crippen LogP contribution is -2.51. The molecule has 1 aromatic heterocycles. The lowest BCUT2D eigenvalue weighted by molar-refractivity contribution is -0.0963. The molecule has 0 unspecified atom stereocenters. The van der Waals surface area contributed by atoms with E-state index < -0.39 is 0 Å². The zero-order valence-electron chi connectivity index (χ0n) is 17.0. The molecule has 152 valence electrons. The first-order valence-electron chi connectivity index (χ1n) is 10.6. The van der Waals surface area contributed by atoms with Crippen molar-refractivity contribution in [3.8, 4) is 0 Å². The van der Waals surface area contributed by atoms with Gasteiger partial charge in [-0.05, 0) is 38.0 Å². The molecule has 2 N–H and O–H groups in total. The van der Waals surface area contributed by atoms with Crippen molar-refractivity contribution in [1.29, 1.82) is 0 Å². The number of hydrogen-bond acceptors (Lipinski definition) is 5. The fraction of sp³-hybridized carbons (Fsp3) is 0.850. The van der Waals surface area contributed by atoms with Crippen molar-refractivity contribution in [2.24, 2.45) is 11.7 Å². The topological polar surface area (TPSA) is 86.3 Å². The van der Waals surface area contributed by atoms with Crippen LogP contribution in [-0.2, 0) is 4.74 Å². The van der Waals surface area contributed by atoms with Crippen LogP contribution in [0.2, 0.25) is 0 Å². The molecule has 1 aromatic rings. The molecule has 0 bridgehead atoms. The van der Waals surface area contributed by atoms with Crippen LogP contribution in [0.15, 0.2) is 6.20 Å². The van der Waals surface area contributed by atoms with Gasteiger partial charge in [0.15, 0.2) is 5.69 Å². The van der Waals surface area contributed by atoms with E-state index in [4.69, 9.17) is 10.5 Å². The van der Waals surface area contributed by atoms with Crippen molar-refractivity contribution < 1.29 is 9.53 Å². The highest BCUT2D eigenvalue weighted by Crippen LogP contribution is 2.27. The molecule has 0 spiro atoms. The number of rotatable bonds is 6. The van der Waals surface area contributed by atoms with Gasteiger partial charge < -0.3 is 15.4 Å². The molecule has 1 saturated heterocycles. The van der Waals surface area contributed by atoms with Gasteiger partial charge in [0, 0.05) is 19.1 Å². The van der Waals surface area contributed by atoms with Crippen LogP contribution >= 0.6 is 0 Å². The fourth-order valence-corrected chi connectivity index (χ4v) is 4.08. The Bertz CT molecular complexity index is 609. The first-order chi connectivity index (χ1) is 13.0. The highest BCUT2D eigenvalue weighted by molar-refractivity contribution is 5.92. The van der Waals surface area contributed by atoms with Crippen LogP contribution in [0.4, 0.5) is 0 Å². The van der Waals surface area contributed by atoms with Crippen LogP contribution in [0.5, 0.6) is 0 Å². The minimum Gasteiger partial charge on any atom is -0.371 e. The third-order valence-corrected chi connectivity index (χ3v) is 5.95. The average Bonchev–Trinajstić information content (AvgIpc) is 3.16. The predicted octanol–water partition coefficient (Wildman–Crippen LogP) is 2.78. The molecule has 1 amide bonds. The van der Waals surface area contributed by atoms with Gasteiger partial charge in [0.05, 0.1) is 24.4 Å². The molecule has 0 aromatic carbocycles. The van der Waals surface area contributed by atoms with Crippen molar-refractivity contribution in [1.82, 2.24) is 19.9 Å². The average molecular weight is 378 g/mol. The Morgan fingerprint density at radius 3 is 2.70 bits per heavy atom. The van der Waals surface area contributed by atoms with E-state index in [2.05, 4.69) is 31.1 Å². The Hall–Kier alpha value is -1.47. The quantitative estimate of drug-likeness (QED) is 0.824. The second-order valence-electron chi connectivity index (χ2n) is 8.55. The van der Waals surface area contributed by atoms with Gasteiger partial charge in [0.2, 0.25) is 0 Å². The molecule has 2 atom stereocenters. The Kier molecular flexibility index (Phi) is 6.87. The summed E-state index contributed by atoms with van der Waals surface area (Å²) in [6.07, 6.45) is 9.30. The summed E-state index contributed by atoms with van der Waals surface area (Å²) in [6, 6.07) is 0.608. The van der Waals surface area contributed by atoms with E-state index in [0.717, 1.165) is 44.9 Å². The second kappa shape index (κ2) is 9.15. The van der Waals surface area contributed by atoms with Crippen LogP contribution in [-0.4, -0.2) is 57.1 Å². The SMILES string of the molecule is CCCC[C@@H]1CN(C(=O)c2cn(C3CCC(N)CC3)nn2)C[C@H](C(C)C)O1. The number of nitrogens with two attached hydrogens (primary N) is 1. The van der Waals surface area contributed by atoms with Crippen molar-refractivity contribution in [2.75, 3.05) is 13.1 Å². The van der Waals surface area contributed by atoms with Crippen molar-refractivity contribution in [3.63, 3.8) is 0 Å². The molecule has 1 saturated carbocycles. The molecule has 1 aliphatic carbocycles. The van der Waals surface area contributed by atoms with Crippen molar-refractivity contribution in [3.05, 3.63) is 11.9 Å². The number of morpholine rings is 1. The third-order valence-electron chi connectivity index (χ3n) is 5.95. The van der Waals surface area contributed by atoms with Gasteiger partial charge in [-0.2, -0.15) is 0 Å². The van der Waals surface area contributed by atoms with Gasteiger partial charge >= 0.3 is 0 Å². The molecule has 3 rings (SSSR count). The Balaban J connectivity index is 1.66. The molecule has 2 fully saturated rings. The molecule has 2 aliphatic rings. The standard InChI is InChI=1S/C20H35N5O2/c1-4-5-6-17-11-24(13-19(27-17)14(2)3)20(26)18-12-25(23-22-18)16-9-7-15(21)8-10-16/h12,14-17,19H,4-11,13,21H2,1-3H3/t15?,16?,17-,19-/m1/s1. The number of ether oxygens (including phenoxy) is 1. The normalized spacial score (nSPS) is 29.3. The van der Waals surface area contributed by atoms with E-state index in [1.165, 1.54) is 0 Å². The number of nitrogens with zero attached hydrogens (tertiary/aromatic N) is 4. The van der Waals surface area contributed by atoms with Gasteiger partial charge in [-0.25, -0.2) is 4.68 Å². The van der Waals surface area contributed by atoms with Gasteiger partial charge in [-0.1, -0.05) is 38.8 Å². The fourth-order valence-electron chi connectivity index (χ4n) is 4.08. The molecular formula is C20H35N5O2. The van der Waals surface area contributed by atoms with Gasteiger partial charge in [-0.15, -0.1) is 5.10 Å². The summed E-state index contributed by atoms with van der Waals surface area (Å²) in [5, 5.41) is 8.44. The lowest BCUT2D eigenvalue weighted by atomic mass is 9.92. The molecule has 1 aliphatic heterocycles. The monoisotopic (exact) mass is 377 g/mol. The second-order valence-corrected chi connectivity index (χ2v) is 8.55. The minimum atomic E-state index is -0.0239. The number of amides is 1. The molecule has 7 nitrogen and oxygen atoms in total. The minimum absolute atomic E-state index is 0.0239. The van der Waals surface area contributed by atoms with Crippen molar-refractivity contribution >= 4 is 5.91 Å². The number of aromatic nitrogens is 3. The van der Waals surface area contributed by atoms with Crippen LogP contribution < -0.4 is 5.73 Å². The molecule has 2 heterocycles. The van der Waals surface area contributed by atoms with Crippen LogP contribution in [0.3, 0.4) is 0 Å². The smallest absolute Gasteiger partial charge is 0.276 e. The molecule has 0 radical (unpaired) electrons. The summed E-state index contributed by atoms with van der Waals surface area (Å²) < 4.78 is 8.10. The molecule has 7 heteroatoms. The zero-order valence-corrected chi connectivity index (χ0v) is 17.0. The maximum Gasteiger partial charge on any atom is 0.276 e.